The lowest BCUT2D eigenvalue weighted by Crippen LogP contribution is -2.72. The molecule has 0 spiro atoms. The third-order valence-corrected chi connectivity index (χ3v) is 4.81. The molecule has 1 unspecified atom stereocenters. The van der Waals surface area contributed by atoms with Gasteiger partial charge < -0.3 is 24.8 Å². The quantitative estimate of drug-likeness (QED) is 0.513. The zero-order valence-electron chi connectivity index (χ0n) is 18.1. The fourth-order valence-electron chi connectivity index (χ4n) is 3.86. The molecule has 0 aromatic heterocycles. The van der Waals surface area contributed by atoms with E-state index in [9.17, 15) is 14.4 Å². The Bertz CT molecular complexity index is 756. The van der Waals surface area contributed by atoms with Gasteiger partial charge in [-0.1, -0.05) is 0 Å². The van der Waals surface area contributed by atoms with Crippen LogP contribution in [0.3, 0.4) is 0 Å². The first-order valence-corrected chi connectivity index (χ1v) is 9.67. The number of carbonyl (C=O) groups is 3. The second kappa shape index (κ2) is 8.24. The molecule has 2 saturated heterocycles. The minimum absolute atomic E-state index is 0. The Morgan fingerprint density at radius 2 is 1.63 bits per heavy atom. The van der Waals surface area contributed by atoms with Gasteiger partial charge in [0, 0.05) is 24.6 Å². The van der Waals surface area contributed by atoms with Crippen LogP contribution in [0, 0.1) is 5.92 Å². The number of nitrogens with zero attached hydrogens (tertiary/aromatic N) is 2. The van der Waals surface area contributed by atoms with Crippen molar-refractivity contribution in [3.05, 3.63) is 11.5 Å². The molecule has 2 fully saturated rings. The molecule has 0 saturated carbocycles. The second-order valence-electron chi connectivity index (χ2n) is 9.34. The highest BCUT2D eigenvalue weighted by Gasteiger charge is 2.64. The predicted molar refractivity (Wildman–Crippen MR) is 107 cm³/mol. The number of halogens is 1. The molecule has 11 heteroatoms. The van der Waals surface area contributed by atoms with E-state index in [0.29, 0.717) is 18.5 Å². The van der Waals surface area contributed by atoms with Crippen LogP contribution < -0.4 is 5.73 Å². The van der Waals surface area contributed by atoms with Crippen LogP contribution in [0.5, 0.6) is 0 Å². The van der Waals surface area contributed by atoms with E-state index in [1.54, 1.807) is 41.5 Å². The van der Waals surface area contributed by atoms with E-state index in [1.807, 2.05) is 0 Å². The first kappa shape index (κ1) is 24.2. The summed E-state index contributed by atoms with van der Waals surface area (Å²) in [6.07, 6.45) is -1.17. The van der Waals surface area contributed by atoms with Gasteiger partial charge in [0.15, 0.2) is 0 Å². The molecule has 0 radical (unpaired) electrons. The number of nitrogens with two attached hydrogens (primary N) is 1. The van der Waals surface area contributed by atoms with Crippen molar-refractivity contribution >= 4 is 30.6 Å². The first-order valence-electron chi connectivity index (χ1n) is 9.67. The molecular formula is C19H30ClN3O7. The van der Waals surface area contributed by atoms with Gasteiger partial charge in [-0.25, -0.2) is 9.59 Å². The molecule has 170 valence electrons. The maximum atomic E-state index is 12.8. The molecule has 0 aromatic carbocycles. The third kappa shape index (κ3) is 4.65. The molecule has 0 bridgehead atoms. The van der Waals surface area contributed by atoms with Crippen molar-refractivity contribution in [1.82, 2.24) is 9.96 Å². The van der Waals surface area contributed by atoms with Gasteiger partial charge in [0.2, 0.25) is 5.88 Å². The summed E-state index contributed by atoms with van der Waals surface area (Å²) in [4.78, 5) is 43.7. The van der Waals surface area contributed by atoms with Gasteiger partial charge in [0.1, 0.15) is 17.2 Å². The highest BCUT2D eigenvalue weighted by atomic mass is 35.5. The summed E-state index contributed by atoms with van der Waals surface area (Å²) < 4.78 is 15.7. The average molecular weight is 448 g/mol. The molecular weight excluding hydrogens is 418 g/mol. The smallest absolute Gasteiger partial charge is 0.428 e. The lowest BCUT2D eigenvalue weighted by Gasteiger charge is -2.51. The van der Waals surface area contributed by atoms with E-state index in [1.165, 1.54) is 9.96 Å². The van der Waals surface area contributed by atoms with E-state index in [2.05, 4.69) is 0 Å². The Morgan fingerprint density at radius 3 is 2.17 bits per heavy atom. The van der Waals surface area contributed by atoms with Crippen molar-refractivity contribution in [3.63, 3.8) is 0 Å². The Balaban J connectivity index is 0.00000320. The standard InChI is InChI=1S/C19H29N3O7.ClH/c1-18(2,3)27-16(24)26-15-11(9-20)10-7-8-21(13-12(10)22(15)14(13)23)29-17(25)28-19(4,5)6;/h10,12-13H,7-9,20H2,1-6H3;1H/t10?,12-,13+;/m1./s1. The van der Waals surface area contributed by atoms with Crippen molar-refractivity contribution in [1.29, 1.82) is 0 Å². The van der Waals surface area contributed by atoms with Crippen LogP contribution in [0.1, 0.15) is 48.0 Å². The number of amides is 1. The van der Waals surface area contributed by atoms with Crippen LogP contribution in [0.25, 0.3) is 0 Å². The fourth-order valence-corrected chi connectivity index (χ4v) is 3.86. The molecule has 2 N–H and O–H groups in total. The summed E-state index contributed by atoms with van der Waals surface area (Å²) in [7, 11) is 0. The van der Waals surface area contributed by atoms with E-state index in [-0.39, 0.29) is 42.7 Å². The van der Waals surface area contributed by atoms with E-state index < -0.39 is 29.6 Å². The summed E-state index contributed by atoms with van der Waals surface area (Å²) in [5.41, 5.74) is 5.15. The summed E-state index contributed by atoms with van der Waals surface area (Å²) in [5, 5.41) is 1.35. The fraction of sp³-hybridized carbons (Fsp3) is 0.737. The molecule has 3 aliphatic rings. The molecule has 3 heterocycles. The van der Waals surface area contributed by atoms with Crippen molar-refractivity contribution in [2.75, 3.05) is 13.1 Å². The minimum atomic E-state index is -0.893. The summed E-state index contributed by atoms with van der Waals surface area (Å²) in [6, 6.07) is -0.975. The number of β-lactam (4-membered cyclic amide) rings is 1. The molecule has 3 aliphatic heterocycles. The molecule has 10 nitrogen and oxygen atoms in total. The normalized spacial score (nSPS) is 25.8. The topological polar surface area (TPSA) is 121 Å². The Labute approximate surface area is 182 Å². The third-order valence-electron chi connectivity index (χ3n) is 4.81. The number of hydrogen-bond acceptors (Lipinski definition) is 9. The summed E-state index contributed by atoms with van der Waals surface area (Å²) in [6.45, 7) is 10.8. The van der Waals surface area contributed by atoms with Crippen molar-refractivity contribution in [3.8, 4) is 0 Å². The molecule has 3 rings (SSSR count). The first-order chi connectivity index (χ1) is 13.3. The average Bonchev–Trinajstić information content (AvgIpc) is 2.80. The van der Waals surface area contributed by atoms with Crippen molar-refractivity contribution < 1.29 is 33.4 Å². The highest BCUT2D eigenvalue weighted by Crippen LogP contribution is 2.49. The predicted octanol–water partition coefficient (Wildman–Crippen LogP) is 2.31. The number of hydrogen-bond donors (Lipinski definition) is 1. The van der Waals surface area contributed by atoms with Gasteiger partial charge in [-0.3, -0.25) is 9.69 Å². The molecule has 0 aliphatic carbocycles. The van der Waals surface area contributed by atoms with Gasteiger partial charge in [0.05, 0.1) is 6.04 Å². The minimum Gasteiger partial charge on any atom is -0.428 e. The summed E-state index contributed by atoms with van der Waals surface area (Å²) in [5.74, 6) is -0.263. The van der Waals surface area contributed by atoms with Crippen LogP contribution >= 0.6 is 12.4 Å². The number of carbonyl (C=O) groups excluding carboxylic acids is 3. The van der Waals surface area contributed by atoms with Crippen LogP contribution in [0.15, 0.2) is 11.5 Å². The number of piperidine rings is 1. The Hall–Kier alpha value is -2.04. The van der Waals surface area contributed by atoms with Gasteiger partial charge >= 0.3 is 12.3 Å². The molecule has 3 atom stereocenters. The molecule has 0 aromatic rings. The van der Waals surface area contributed by atoms with Crippen LogP contribution in [0.2, 0.25) is 0 Å². The lowest BCUT2D eigenvalue weighted by molar-refractivity contribution is -0.223. The second-order valence-corrected chi connectivity index (χ2v) is 9.34. The monoisotopic (exact) mass is 447 g/mol. The van der Waals surface area contributed by atoms with Crippen molar-refractivity contribution in [2.45, 2.75) is 71.2 Å². The van der Waals surface area contributed by atoms with E-state index >= 15 is 0 Å². The Morgan fingerprint density at radius 1 is 1.07 bits per heavy atom. The van der Waals surface area contributed by atoms with Crippen LogP contribution in [0.4, 0.5) is 9.59 Å². The van der Waals surface area contributed by atoms with Crippen LogP contribution in [-0.4, -0.2) is 64.6 Å². The largest absolute Gasteiger partial charge is 0.528 e. The Kier molecular flexibility index (Phi) is 6.65. The number of rotatable bonds is 3. The molecule has 1 amide bonds. The van der Waals surface area contributed by atoms with Gasteiger partial charge in [0.25, 0.3) is 5.91 Å². The van der Waals surface area contributed by atoms with Gasteiger partial charge in [-0.15, -0.1) is 17.5 Å². The van der Waals surface area contributed by atoms with Gasteiger partial charge in [-0.05, 0) is 48.0 Å². The zero-order valence-corrected chi connectivity index (χ0v) is 18.9. The highest BCUT2D eigenvalue weighted by molar-refractivity contribution is 5.93. The van der Waals surface area contributed by atoms with Crippen LogP contribution in [-0.2, 0) is 23.8 Å². The lowest BCUT2D eigenvalue weighted by atomic mass is 9.79. The zero-order chi connectivity index (χ0) is 21.7. The number of hydroxylamine groups is 2. The van der Waals surface area contributed by atoms with Gasteiger partial charge in [-0.2, -0.15) is 0 Å². The van der Waals surface area contributed by atoms with Crippen molar-refractivity contribution in [2.24, 2.45) is 11.7 Å². The maximum Gasteiger partial charge on any atom is 0.528 e. The number of ether oxygens (including phenoxy) is 3. The molecule has 30 heavy (non-hydrogen) atoms. The summed E-state index contributed by atoms with van der Waals surface area (Å²) >= 11 is 0. The maximum absolute atomic E-state index is 12.8. The van der Waals surface area contributed by atoms with E-state index in [0.717, 1.165) is 0 Å². The van der Waals surface area contributed by atoms with E-state index in [4.69, 9.17) is 24.8 Å². The SMILES string of the molecule is CC(C)(C)OC(=O)OC1=C(CN)C2CCN(OC(=O)OC(C)(C)C)[C@@H]3C(=O)N1[C@H]23.Cl.